The number of carboxylic acid groups (broad SMARTS) is 1. The fraction of sp³-hybridized carbons (Fsp3) is 0.443. The number of aliphatic hydroxyl groups is 3. The van der Waals surface area contributed by atoms with Gasteiger partial charge in [0, 0.05) is 81.6 Å². The summed E-state index contributed by atoms with van der Waals surface area (Å²) in [6.45, 7) is 5.93. The number of nitrogens with two attached hydrogens (primary N) is 2. The lowest BCUT2D eigenvalue weighted by atomic mass is 9.97. The van der Waals surface area contributed by atoms with E-state index in [-0.39, 0.29) is 284 Å². The predicted molar refractivity (Wildman–Crippen MR) is 584 cm³/mol. The van der Waals surface area contributed by atoms with Crippen LogP contribution in [0.5, 0.6) is 0 Å². The van der Waals surface area contributed by atoms with Crippen LogP contribution in [-0.2, 0) is 28.6 Å². The summed E-state index contributed by atoms with van der Waals surface area (Å²) in [5.74, 6) is -3.61. The number of nitrogens with one attached hydrogen (secondary N) is 1. The van der Waals surface area contributed by atoms with Crippen LogP contribution in [0.25, 0.3) is 45.7 Å². The number of carbonyl (C=O) groups is 7. The number of Topliss-reactive ketones (excluding diaryl/α,β-unsaturated/α-hetero) is 2. The summed E-state index contributed by atoms with van der Waals surface area (Å²) >= 11 is 0. The van der Waals surface area contributed by atoms with Gasteiger partial charge in [0.25, 0.3) is 11.6 Å². The number of ketones is 2. The highest BCUT2D eigenvalue weighted by atomic mass is 32.1. The molecule has 7 saturated carbocycles. The minimum atomic E-state index is -1.28. The summed E-state index contributed by atoms with van der Waals surface area (Å²) in [6.07, 6.45) is 19.6. The monoisotopic (exact) mass is 2250 g/mol. The fourth-order valence-corrected chi connectivity index (χ4v) is 16.8. The molecule has 0 unspecified atom stereocenters. The molecule has 1 amide bonds. The van der Waals surface area contributed by atoms with Gasteiger partial charge in [-0.1, -0.05) is 18.6 Å². The lowest BCUT2D eigenvalue weighted by Crippen LogP contribution is -2.28. The smallest absolute Gasteiger partial charge is 0.380 e. The normalized spacial score (nSPS) is 19.5. The highest BCUT2D eigenvalue weighted by Gasteiger charge is 2.40. The first kappa shape index (κ1) is 132. The van der Waals surface area contributed by atoms with Gasteiger partial charge in [-0.2, -0.15) is 140 Å². The van der Waals surface area contributed by atoms with E-state index in [2.05, 4.69) is 86.9 Å². The van der Waals surface area contributed by atoms with E-state index in [0.717, 1.165) is 145 Å². The number of carbonyl (C=O) groups excluding carboxylic acids is 6. The van der Waals surface area contributed by atoms with Crippen LogP contribution in [0.1, 0.15) is 234 Å². The first-order valence-corrected chi connectivity index (χ1v) is 44.4. The second kappa shape index (κ2) is 63.0. The molecule has 10 aromatic heterocycles. The van der Waals surface area contributed by atoms with Gasteiger partial charge in [-0.05, 0) is 302 Å². The van der Waals surface area contributed by atoms with Crippen molar-refractivity contribution in [3.63, 3.8) is 0 Å². The van der Waals surface area contributed by atoms with Gasteiger partial charge in [-0.15, -0.1) is 15.3 Å². The molecule has 7 aliphatic rings. The van der Waals surface area contributed by atoms with E-state index in [9.17, 15) is 88.6 Å². The number of rotatable bonds is 24. The van der Waals surface area contributed by atoms with Crippen molar-refractivity contribution in [2.45, 2.75) is 236 Å². The molecule has 0 bridgehead atoms. The Balaban J connectivity index is 0.000000598. The Morgan fingerprint density at radius 2 is 0.845 bits per heavy atom. The molecule has 18 rings (SSSR count). The first-order chi connectivity index (χ1) is 66.1. The van der Waals surface area contributed by atoms with E-state index >= 15 is 0 Å². The second-order valence-corrected chi connectivity index (χ2v) is 33.5. The fourth-order valence-electron chi connectivity index (χ4n) is 16.8. The molecule has 9 N–H and O–H groups in total. The van der Waals surface area contributed by atoms with E-state index in [1.807, 2.05) is 17.8 Å². The second-order valence-electron chi connectivity index (χ2n) is 33.5. The van der Waals surface area contributed by atoms with E-state index in [0.29, 0.717) is 52.8 Å². The number of aromatic nitrogens is 20. The predicted octanol–water partition coefficient (Wildman–Crippen LogP) is 11.7. The Hall–Kier alpha value is -12.1. The lowest BCUT2D eigenvalue weighted by Gasteiger charge is -2.20. The molecule has 148 heavy (non-hydrogen) atoms. The van der Waals surface area contributed by atoms with Crippen molar-refractivity contribution in [3.05, 3.63) is 208 Å². The highest BCUT2D eigenvalue weighted by molar-refractivity contribution is 7.60. The van der Waals surface area contributed by atoms with Crippen molar-refractivity contribution in [2.75, 3.05) is 11.1 Å². The van der Waals surface area contributed by atoms with Gasteiger partial charge in [0.05, 0.1) is 54.2 Å². The molecular weight excluding hydrogens is 2130 g/mol. The number of benzene rings is 1. The highest BCUT2D eigenvalue weighted by Crippen LogP contribution is 2.40. The van der Waals surface area contributed by atoms with Crippen LogP contribution in [-0.4, -0.2) is 224 Å². The number of aromatic carboxylic acids is 1. The van der Waals surface area contributed by atoms with Crippen molar-refractivity contribution in [3.8, 4) is 45.7 Å². The SMILES string of the molecule is CC(=O)O[C@H]1CCC[C@@H]1CC(=O)c1cccc([N+](=O)[O-])n1.CC(=O)O[C@H]1CCC[C@@H]1n1nnnc1-c1cccc(N)n1.CC(=O)O[C@H]1CCC[C@@H]1n1nnnc1-c1cccc([N+](=O)[O-])n1.Cc1cc(F)c(C(=O)Nc2cccc(-c3nnnn3[C@H]3CCC[C@@H]3O)n2)cc1-c1cnn(C2CC2)c1.N[C@H]1CCC[C@@H]1O.O=C(C[C@H]1CCC[C@@H]1O)c1cccc([N+](=O)[O-])n1.O=C(O)c1cccc([N+](=O)[O-])n1.S.S.S.S.S.S.S.S.S.S. The Labute approximate surface area is 915 Å². The maximum atomic E-state index is 14.9. The first-order valence-electron chi connectivity index (χ1n) is 44.4. The van der Waals surface area contributed by atoms with Crippen LogP contribution >= 0.6 is 135 Å². The number of hydrogen-bond donors (Lipinski definition) is 7. The molecule has 0 saturated heterocycles. The molecule has 12 atom stereocenters. The standard InChI is InChI=1S/C25H25FN8O2.C14H16N2O5.C13H14N6O4.C13H16N6O2.C12H14N2O4.C6H4N2O4.C5H11NO.10H2S/c1-14-10-19(26)18(11-17(14)15-12-27-33(13-15)16-8-9-16)25(36)29-23-7-2-4-20(28-23)24-30-31-32-34(24)21-5-3-6-22(21)35;1-9(17)21-13-6-2-4-10(13)8-12(18)11-5-3-7-14(15-11)16(19)20;1-8(20)23-11-6-3-5-10(11)18-13(15-16-17-18)9-4-2-7-12(14-9)19(21)22;1-8(20)21-11-6-3-5-10(11)19-13(16-17-18-19)9-4-2-7-12(14)15-9;15-10-5-1-3-8(10)7-11(16)9-4-2-6-12(13-9)14(17)18;9-6(10)4-2-1-3-5(7-4)8(11)12;6-4-2-1-3-5(4)7;;;;;;;;;;/h2,4,7,10-13,16,21-22,35H,3,5-6,8-9H2,1H3,(H,28,29,36);3,5,7,10,13H,2,4,6,8H2,1H3;2,4,7,10-11H,3,5-6H2,1H3;2,4,7,10-11H,3,5-6H2,1H3,(H2,14,15);2,4,6,8,10,15H,1,3,5,7H2;1-3H,(H,9,10);4-5,7H,1-3,6H2;10*1H2/t21-,22-;10-,13+;2*10-,11-;8-,10+;;4-,5-;;;;;;;;;;/m01001.0........../s1. The molecule has 10 heterocycles. The summed E-state index contributed by atoms with van der Waals surface area (Å²) < 4.78 is 37.5. The third-order valence-electron chi connectivity index (χ3n) is 23.6. The molecule has 60 heteroatoms. The summed E-state index contributed by atoms with van der Waals surface area (Å²) in [4.78, 5) is 144. The number of esters is 3. The van der Waals surface area contributed by atoms with Gasteiger partial charge in [-0.25, -0.2) is 33.2 Å². The Morgan fingerprint density at radius 1 is 0.453 bits per heavy atom. The number of ether oxygens (including phenoxy) is 3. The molecule has 11 aromatic rings. The summed E-state index contributed by atoms with van der Waals surface area (Å²) in [7, 11) is 0. The van der Waals surface area contributed by atoms with Gasteiger partial charge in [0.1, 0.15) is 47.2 Å². The van der Waals surface area contributed by atoms with Crippen molar-refractivity contribution >= 4 is 211 Å². The summed E-state index contributed by atoms with van der Waals surface area (Å²) in [5.41, 5.74) is 14.6. The number of anilines is 2. The molecule has 49 nitrogen and oxygen atoms in total. The molecule has 0 radical (unpaired) electrons. The van der Waals surface area contributed by atoms with Gasteiger partial charge in [-0.3, -0.25) is 33.4 Å². The number of tetrazole rings is 3. The molecule has 7 aliphatic carbocycles. The number of nitrogen functional groups attached to an aromatic ring is 1. The van der Waals surface area contributed by atoms with Crippen LogP contribution in [0.15, 0.2) is 134 Å². The summed E-state index contributed by atoms with van der Waals surface area (Å²) in [5, 5.41) is 122. The van der Waals surface area contributed by atoms with Crippen LogP contribution < -0.4 is 16.8 Å². The Bertz CT molecular complexity index is 6210. The number of nitro groups is 4. The van der Waals surface area contributed by atoms with Gasteiger partial charge in [0.15, 0.2) is 0 Å². The largest absolute Gasteiger partial charge is 0.475 e. The molecule has 0 aliphatic heterocycles. The van der Waals surface area contributed by atoms with Crippen molar-refractivity contribution in [1.29, 1.82) is 0 Å². The van der Waals surface area contributed by atoms with Crippen molar-refractivity contribution < 1.29 is 92.3 Å². The Morgan fingerprint density at radius 3 is 1.28 bits per heavy atom. The molecule has 7 fully saturated rings. The third kappa shape index (κ3) is 36.7. The van der Waals surface area contributed by atoms with Crippen molar-refractivity contribution in [1.82, 2.24) is 100 Å². The summed E-state index contributed by atoms with van der Waals surface area (Å²) in [6, 6.07) is 29.6. The van der Waals surface area contributed by atoms with Crippen LogP contribution in [0.3, 0.4) is 0 Å². The van der Waals surface area contributed by atoms with E-state index in [1.54, 1.807) is 64.1 Å². The average molecular weight is 2250 g/mol. The van der Waals surface area contributed by atoms with Crippen LogP contribution in [0, 0.1) is 65.0 Å². The maximum Gasteiger partial charge on any atom is 0.380 e. The number of amides is 1. The number of nitrogens with zero attached hydrogens (tertiary/aromatic N) is 24. The average Bonchev–Trinajstić information content (AvgIpc) is 1.61. The zero-order valence-corrected chi connectivity index (χ0v) is 90.2. The van der Waals surface area contributed by atoms with Gasteiger partial charge < -0.3 is 91.9 Å². The lowest BCUT2D eigenvalue weighted by molar-refractivity contribution is -0.389. The van der Waals surface area contributed by atoms with Crippen molar-refractivity contribution in [2.24, 2.45) is 17.6 Å². The van der Waals surface area contributed by atoms with E-state index in [1.165, 1.54) is 92.2 Å². The quantitative estimate of drug-likeness (QED) is 0.00971. The van der Waals surface area contributed by atoms with Crippen LogP contribution in [0.4, 0.5) is 39.3 Å². The van der Waals surface area contributed by atoms with Crippen LogP contribution in [0.2, 0.25) is 0 Å². The molecule has 0 spiro atoms. The number of halogens is 1. The van der Waals surface area contributed by atoms with Gasteiger partial charge >= 0.3 is 47.1 Å². The minimum absolute atomic E-state index is 0. The number of pyridine rings is 6. The maximum absolute atomic E-state index is 14.9. The number of hydrogen-bond acceptors (Lipinski definition) is 39. The van der Waals surface area contributed by atoms with Gasteiger partial charge in [0.2, 0.25) is 46.1 Å². The number of aliphatic hydroxyl groups excluding tert-OH is 3. The zero-order valence-electron chi connectivity index (χ0n) is 80.2. The molecule has 1 aromatic carbocycles. The number of carboxylic acids is 1. The topological polar surface area (TPSA) is 691 Å². The van der Waals surface area contributed by atoms with E-state index in [4.69, 9.17) is 35.9 Å². The van der Waals surface area contributed by atoms with E-state index < -0.39 is 55.4 Å². The zero-order chi connectivity index (χ0) is 99.0. The number of aryl methyl sites for hydroxylation is 1. The third-order valence-corrected chi connectivity index (χ3v) is 23.6. The molecule has 806 valence electrons. The Kier molecular flexibility index (Phi) is 56.2. The molecular formula is C88H120FN27O22S10. The minimum Gasteiger partial charge on any atom is -0.475 e.